The Morgan fingerprint density at radius 1 is 1.36 bits per heavy atom. The van der Waals surface area contributed by atoms with Gasteiger partial charge in [0.05, 0.1) is 0 Å². The summed E-state index contributed by atoms with van der Waals surface area (Å²) in [6, 6.07) is 3.58. The van der Waals surface area contributed by atoms with Gasteiger partial charge in [-0.25, -0.2) is 5.43 Å². The third kappa shape index (κ3) is 2.60. The number of hydrogen-bond acceptors (Lipinski definition) is 2. The maximum absolute atomic E-state index is 12.4. The minimum Gasteiger partial charge on any atom is -0.271 e. The molecule has 78 valence electrons. The van der Waals surface area contributed by atoms with E-state index in [9.17, 15) is 13.2 Å². The second kappa shape index (κ2) is 4.16. The summed E-state index contributed by atoms with van der Waals surface area (Å²) in [5, 5.41) is 0.243. The molecule has 6 heteroatoms. The van der Waals surface area contributed by atoms with Crippen molar-refractivity contribution in [3.63, 3.8) is 0 Å². The van der Waals surface area contributed by atoms with E-state index >= 15 is 0 Å². The highest BCUT2D eigenvalue weighted by Crippen LogP contribution is 2.32. The van der Waals surface area contributed by atoms with Gasteiger partial charge in [-0.15, -0.1) is 0 Å². The van der Waals surface area contributed by atoms with Crippen LogP contribution in [0, 0.1) is 0 Å². The lowest BCUT2D eigenvalue weighted by atomic mass is 10.1. The van der Waals surface area contributed by atoms with Crippen LogP contribution in [0.25, 0.3) is 0 Å². The molecule has 14 heavy (non-hydrogen) atoms. The van der Waals surface area contributed by atoms with Gasteiger partial charge in [-0.3, -0.25) is 5.84 Å². The summed E-state index contributed by atoms with van der Waals surface area (Å²) in [5.74, 6) is 4.83. The van der Waals surface area contributed by atoms with Crippen LogP contribution in [0.5, 0.6) is 0 Å². The van der Waals surface area contributed by atoms with Crippen molar-refractivity contribution in [2.75, 3.05) is 0 Å². The van der Waals surface area contributed by atoms with E-state index in [0.717, 1.165) is 0 Å². The second-order valence-electron chi connectivity index (χ2n) is 2.70. The first kappa shape index (κ1) is 11.3. The SMILES string of the molecule is NNC(c1cccc(Cl)c1)C(F)(F)F. The van der Waals surface area contributed by atoms with Gasteiger partial charge in [0.2, 0.25) is 0 Å². The van der Waals surface area contributed by atoms with E-state index in [0.29, 0.717) is 0 Å². The van der Waals surface area contributed by atoms with Gasteiger partial charge >= 0.3 is 6.18 Å². The van der Waals surface area contributed by atoms with Gasteiger partial charge in [-0.05, 0) is 17.7 Å². The van der Waals surface area contributed by atoms with Crippen LogP contribution in [0.1, 0.15) is 11.6 Å². The minimum absolute atomic E-state index is 0.00694. The Labute approximate surface area is 83.8 Å². The molecule has 0 spiro atoms. The number of alkyl halides is 3. The van der Waals surface area contributed by atoms with Crippen molar-refractivity contribution in [2.24, 2.45) is 5.84 Å². The first-order chi connectivity index (χ1) is 6.45. The lowest BCUT2D eigenvalue weighted by Crippen LogP contribution is -2.38. The van der Waals surface area contributed by atoms with Gasteiger partial charge in [-0.1, -0.05) is 23.7 Å². The molecule has 1 aromatic carbocycles. The molecule has 0 heterocycles. The molecule has 1 unspecified atom stereocenters. The average Bonchev–Trinajstić information content (AvgIpc) is 2.02. The number of nitrogens with two attached hydrogens (primary N) is 1. The third-order valence-electron chi connectivity index (χ3n) is 1.68. The first-order valence-electron chi connectivity index (χ1n) is 3.73. The van der Waals surface area contributed by atoms with Crippen molar-refractivity contribution in [1.82, 2.24) is 5.43 Å². The maximum atomic E-state index is 12.4. The van der Waals surface area contributed by atoms with Crippen LogP contribution in [0.15, 0.2) is 24.3 Å². The lowest BCUT2D eigenvalue weighted by Gasteiger charge is -2.19. The van der Waals surface area contributed by atoms with Gasteiger partial charge in [0.1, 0.15) is 6.04 Å². The highest BCUT2D eigenvalue weighted by atomic mass is 35.5. The van der Waals surface area contributed by atoms with E-state index < -0.39 is 12.2 Å². The Hall–Kier alpha value is -0.780. The molecule has 1 rings (SSSR count). The average molecular weight is 225 g/mol. The van der Waals surface area contributed by atoms with Crippen LogP contribution < -0.4 is 11.3 Å². The van der Waals surface area contributed by atoms with E-state index in [4.69, 9.17) is 17.4 Å². The van der Waals surface area contributed by atoms with Gasteiger partial charge in [-0.2, -0.15) is 13.2 Å². The van der Waals surface area contributed by atoms with Crippen LogP contribution in [-0.4, -0.2) is 6.18 Å². The predicted octanol–water partition coefficient (Wildman–Crippen LogP) is 2.41. The fraction of sp³-hybridized carbons (Fsp3) is 0.250. The highest BCUT2D eigenvalue weighted by Gasteiger charge is 2.40. The lowest BCUT2D eigenvalue weighted by molar-refractivity contribution is -0.157. The first-order valence-corrected chi connectivity index (χ1v) is 4.11. The molecule has 2 nitrogen and oxygen atoms in total. The zero-order valence-corrected chi connectivity index (χ0v) is 7.73. The molecule has 0 aliphatic carbocycles. The molecular weight excluding hydrogens is 217 g/mol. The second-order valence-corrected chi connectivity index (χ2v) is 3.13. The molecule has 0 fully saturated rings. The van der Waals surface area contributed by atoms with E-state index in [1.165, 1.54) is 24.3 Å². The van der Waals surface area contributed by atoms with Gasteiger partial charge in [0.15, 0.2) is 0 Å². The molecule has 0 radical (unpaired) electrons. The fourth-order valence-electron chi connectivity index (χ4n) is 1.07. The zero-order valence-electron chi connectivity index (χ0n) is 6.98. The van der Waals surface area contributed by atoms with Crippen molar-refractivity contribution in [1.29, 1.82) is 0 Å². The number of hydrazine groups is 1. The Morgan fingerprint density at radius 2 is 2.00 bits per heavy atom. The summed E-state index contributed by atoms with van der Waals surface area (Å²) in [4.78, 5) is 0. The van der Waals surface area contributed by atoms with Crippen LogP contribution in [-0.2, 0) is 0 Å². The Kier molecular flexibility index (Phi) is 3.36. The monoisotopic (exact) mass is 224 g/mol. The molecule has 1 atom stereocenters. The summed E-state index contributed by atoms with van der Waals surface area (Å²) >= 11 is 5.56. The van der Waals surface area contributed by atoms with Gasteiger partial charge in [0, 0.05) is 5.02 Å². The molecule has 0 saturated heterocycles. The Morgan fingerprint density at radius 3 is 2.43 bits per heavy atom. The topological polar surface area (TPSA) is 38.0 Å². The van der Waals surface area contributed by atoms with E-state index in [1.807, 2.05) is 0 Å². The molecule has 0 aromatic heterocycles. The number of rotatable bonds is 2. The van der Waals surface area contributed by atoms with Crippen LogP contribution >= 0.6 is 11.6 Å². The smallest absolute Gasteiger partial charge is 0.271 e. The summed E-state index contributed by atoms with van der Waals surface area (Å²) in [6.45, 7) is 0. The molecule has 3 N–H and O–H groups in total. The fourth-order valence-corrected chi connectivity index (χ4v) is 1.26. The van der Waals surface area contributed by atoms with E-state index in [-0.39, 0.29) is 10.6 Å². The number of nitrogens with one attached hydrogen (secondary N) is 1. The molecule has 0 amide bonds. The van der Waals surface area contributed by atoms with Crippen LogP contribution in [0.2, 0.25) is 5.02 Å². The van der Waals surface area contributed by atoms with Crippen molar-refractivity contribution in [2.45, 2.75) is 12.2 Å². The highest BCUT2D eigenvalue weighted by molar-refractivity contribution is 6.30. The number of hydrogen-bond donors (Lipinski definition) is 2. The molecular formula is C8H8ClF3N2. The third-order valence-corrected chi connectivity index (χ3v) is 1.91. The van der Waals surface area contributed by atoms with Crippen LogP contribution in [0.3, 0.4) is 0 Å². The summed E-state index contributed by atoms with van der Waals surface area (Å²) in [6.07, 6.45) is -4.43. The van der Waals surface area contributed by atoms with Crippen molar-refractivity contribution >= 4 is 11.6 Å². The predicted molar refractivity (Wildman–Crippen MR) is 47.6 cm³/mol. The summed E-state index contributed by atoms with van der Waals surface area (Å²) < 4.78 is 37.1. The number of benzene rings is 1. The normalized spacial score (nSPS) is 14.1. The number of halogens is 4. The molecule has 0 bridgehead atoms. The van der Waals surface area contributed by atoms with Crippen molar-refractivity contribution in [3.05, 3.63) is 34.9 Å². The molecule has 1 aromatic rings. The Balaban J connectivity index is 3.01. The zero-order chi connectivity index (χ0) is 10.8. The van der Waals surface area contributed by atoms with Crippen molar-refractivity contribution in [3.8, 4) is 0 Å². The minimum atomic E-state index is -4.43. The van der Waals surface area contributed by atoms with Crippen LogP contribution in [0.4, 0.5) is 13.2 Å². The van der Waals surface area contributed by atoms with Gasteiger partial charge < -0.3 is 0 Å². The summed E-state index contributed by atoms with van der Waals surface area (Å²) in [7, 11) is 0. The molecule has 0 aliphatic heterocycles. The standard InChI is InChI=1S/C8H8ClF3N2/c9-6-3-1-2-5(4-6)7(14-13)8(10,11)12/h1-4,7,14H,13H2. The van der Waals surface area contributed by atoms with Gasteiger partial charge in [0.25, 0.3) is 0 Å². The largest absolute Gasteiger partial charge is 0.409 e. The molecule has 0 aliphatic rings. The Bertz CT molecular complexity index is 314. The quantitative estimate of drug-likeness (QED) is 0.598. The van der Waals surface area contributed by atoms with Crippen molar-refractivity contribution < 1.29 is 13.2 Å². The van der Waals surface area contributed by atoms with E-state index in [2.05, 4.69) is 0 Å². The molecule has 0 saturated carbocycles. The maximum Gasteiger partial charge on any atom is 0.409 e. The summed E-state index contributed by atoms with van der Waals surface area (Å²) in [5.41, 5.74) is 1.69. The van der Waals surface area contributed by atoms with E-state index in [1.54, 1.807) is 5.43 Å².